The van der Waals surface area contributed by atoms with Gasteiger partial charge in [-0.2, -0.15) is 4.98 Å². The lowest BCUT2D eigenvalue weighted by Crippen LogP contribution is -2.40. The molecule has 2 heterocycles. The summed E-state index contributed by atoms with van der Waals surface area (Å²) in [5, 5.41) is 14.3. The van der Waals surface area contributed by atoms with E-state index in [-0.39, 0.29) is 29.0 Å². The summed E-state index contributed by atoms with van der Waals surface area (Å²) in [5.74, 6) is 0.142. The molecule has 20 heavy (non-hydrogen) atoms. The van der Waals surface area contributed by atoms with Crippen LogP contribution in [0.4, 0.5) is 11.5 Å². The molecule has 1 aliphatic heterocycles. The lowest BCUT2D eigenvalue weighted by atomic mass is 9.94. The molecular weight excluding hydrogens is 264 g/mol. The summed E-state index contributed by atoms with van der Waals surface area (Å²) in [6.45, 7) is 4.60. The first kappa shape index (κ1) is 14.4. The zero-order valence-electron chi connectivity index (χ0n) is 11.8. The van der Waals surface area contributed by atoms with Gasteiger partial charge in [0.1, 0.15) is 6.33 Å². The normalized spacial score (nSPS) is 21.2. The maximum atomic E-state index is 11.2. The van der Waals surface area contributed by atoms with Crippen LogP contribution in [-0.2, 0) is 4.74 Å². The van der Waals surface area contributed by atoms with Crippen LogP contribution in [0.15, 0.2) is 6.33 Å². The van der Waals surface area contributed by atoms with Gasteiger partial charge in [0.05, 0.1) is 17.6 Å². The second-order valence-corrected chi connectivity index (χ2v) is 5.28. The Morgan fingerprint density at radius 3 is 2.90 bits per heavy atom. The Morgan fingerprint density at radius 1 is 1.55 bits per heavy atom. The second kappa shape index (κ2) is 5.58. The molecule has 110 valence electrons. The quantitative estimate of drug-likeness (QED) is 0.663. The fraction of sp³-hybridized carbons (Fsp3) is 0.667. The highest BCUT2D eigenvalue weighted by atomic mass is 16.6. The zero-order chi connectivity index (χ0) is 14.8. The van der Waals surface area contributed by atoms with Crippen LogP contribution in [0.2, 0.25) is 0 Å². The number of hydrogen-bond donors (Lipinski definition) is 1. The van der Waals surface area contributed by atoms with Gasteiger partial charge in [-0.15, -0.1) is 0 Å². The number of aromatic nitrogens is 2. The fourth-order valence-electron chi connectivity index (χ4n) is 2.33. The third kappa shape index (κ3) is 3.13. The molecule has 1 atom stereocenters. The van der Waals surface area contributed by atoms with Crippen LogP contribution in [0.3, 0.4) is 0 Å². The molecule has 8 heteroatoms. The predicted octanol–water partition coefficient (Wildman–Crippen LogP) is 1.76. The van der Waals surface area contributed by atoms with E-state index in [0.29, 0.717) is 6.61 Å². The fourth-order valence-corrected chi connectivity index (χ4v) is 2.33. The molecule has 0 spiro atoms. The van der Waals surface area contributed by atoms with E-state index in [1.807, 2.05) is 13.8 Å². The monoisotopic (exact) mass is 282 g/mol. The molecule has 0 bridgehead atoms. The number of ether oxygens (including phenoxy) is 2. The Kier molecular flexibility index (Phi) is 4.03. The van der Waals surface area contributed by atoms with Crippen molar-refractivity contribution in [2.75, 3.05) is 19.0 Å². The van der Waals surface area contributed by atoms with E-state index in [2.05, 4.69) is 15.3 Å². The van der Waals surface area contributed by atoms with Crippen LogP contribution in [0.1, 0.15) is 26.7 Å². The Morgan fingerprint density at radius 2 is 2.30 bits per heavy atom. The molecule has 0 radical (unpaired) electrons. The Bertz CT molecular complexity index is 506. The Balaban J connectivity index is 2.23. The summed E-state index contributed by atoms with van der Waals surface area (Å²) < 4.78 is 10.5. The first-order chi connectivity index (χ1) is 9.43. The highest BCUT2D eigenvalue weighted by molar-refractivity contribution is 5.61. The van der Waals surface area contributed by atoms with E-state index < -0.39 is 4.92 Å². The van der Waals surface area contributed by atoms with E-state index in [0.717, 1.165) is 12.8 Å². The molecule has 1 aliphatic rings. The van der Waals surface area contributed by atoms with E-state index >= 15 is 0 Å². The van der Waals surface area contributed by atoms with Gasteiger partial charge in [0.2, 0.25) is 5.82 Å². The third-order valence-electron chi connectivity index (χ3n) is 3.20. The molecule has 1 N–H and O–H groups in total. The van der Waals surface area contributed by atoms with Gasteiger partial charge in [-0.3, -0.25) is 10.1 Å². The molecule has 2 rings (SSSR count). The number of nitrogens with one attached hydrogen (secondary N) is 1. The van der Waals surface area contributed by atoms with Crippen LogP contribution < -0.4 is 10.1 Å². The minimum absolute atomic E-state index is 0.0428. The standard InChI is InChI=1S/C12H18N4O4/c1-12(2)6-8(4-5-20-12)15-10-9(16(17)18)11(19-3)14-7-13-10/h7-8H,4-6H2,1-3H3,(H,13,14,15). The lowest BCUT2D eigenvalue weighted by Gasteiger charge is -2.35. The number of methoxy groups -OCH3 is 1. The molecule has 0 saturated carbocycles. The molecule has 0 amide bonds. The summed E-state index contributed by atoms with van der Waals surface area (Å²) in [4.78, 5) is 18.3. The van der Waals surface area contributed by atoms with E-state index in [1.165, 1.54) is 13.4 Å². The van der Waals surface area contributed by atoms with Crippen LogP contribution in [0.5, 0.6) is 5.88 Å². The van der Waals surface area contributed by atoms with Crippen molar-refractivity contribution in [2.24, 2.45) is 0 Å². The number of rotatable bonds is 4. The molecule has 1 saturated heterocycles. The van der Waals surface area contributed by atoms with Crippen LogP contribution in [-0.4, -0.2) is 40.3 Å². The first-order valence-corrected chi connectivity index (χ1v) is 6.37. The minimum Gasteiger partial charge on any atom is -0.476 e. The topological polar surface area (TPSA) is 99.4 Å². The highest BCUT2D eigenvalue weighted by Crippen LogP contribution is 2.33. The summed E-state index contributed by atoms with van der Waals surface area (Å²) >= 11 is 0. The molecule has 1 aromatic rings. The van der Waals surface area contributed by atoms with Gasteiger partial charge in [0.25, 0.3) is 5.88 Å². The Labute approximate surface area is 116 Å². The molecule has 0 aromatic carbocycles. The van der Waals surface area contributed by atoms with Crippen molar-refractivity contribution in [2.45, 2.75) is 38.3 Å². The maximum absolute atomic E-state index is 11.2. The van der Waals surface area contributed by atoms with Gasteiger partial charge in [-0.05, 0) is 26.7 Å². The molecule has 1 unspecified atom stereocenters. The number of hydrogen-bond acceptors (Lipinski definition) is 7. The van der Waals surface area contributed by atoms with Crippen molar-refractivity contribution < 1.29 is 14.4 Å². The van der Waals surface area contributed by atoms with Gasteiger partial charge in [0, 0.05) is 12.6 Å². The maximum Gasteiger partial charge on any atom is 0.372 e. The van der Waals surface area contributed by atoms with E-state index in [4.69, 9.17) is 9.47 Å². The van der Waals surface area contributed by atoms with Crippen LogP contribution in [0.25, 0.3) is 0 Å². The molecular formula is C12H18N4O4. The molecule has 0 aliphatic carbocycles. The average Bonchev–Trinajstić information content (AvgIpc) is 2.36. The number of nitrogens with zero attached hydrogens (tertiary/aromatic N) is 3. The second-order valence-electron chi connectivity index (χ2n) is 5.28. The molecule has 1 fully saturated rings. The summed E-state index contributed by atoms with van der Waals surface area (Å²) in [6.07, 6.45) is 2.77. The van der Waals surface area contributed by atoms with Crippen molar-refractivity contribution in [1.29, 1.82) is 0 Å². The number of nitro groups is 1. The van der Waals surface area contributed by atoms with E-state index in [9.17, 15) is 10.1 Å². The van der Waals surface area contributed by atoms with Crippen molar-refractivity contribution >= 4 is 11.5 Å². The summed E-state index contributed by atoms with van der Waals surface area (Å²) in [7, 11) is 1.34. The van der Waals surface area contributed by atoms with Gasteiger partial charge in [-0.25, -0.2) is 4.98 Å². The molecule has 8 nitrogen and oxygen atoms in total. The zero-order valence-corrected chi connectivity index (χ0v) is 11.8. The van der Waals surface area contributed by atoms with Crippen molar-refractivity contribution in [1.82, 2.24) is 9.97 Å². The van der Waals surface area contributed by atoms with Gasteiger partial charge < -0.3 is 14.8 Å². The van der Waals surface area contributed by atoms with Gasteiger partial charge in [-0.1, -0.05) is 0 Å². The highest BCUT2D eigenvalue weighted by Gasteiger charge is 2.31. The van der Waals surface area contributed by atoms with Crippen molar-refractivity contribution in [3.05, 3.63) is 16.4 Å². The SMILES string of the molecule is COc1ncnc(NC2CCOC(C)(C)C2)c1[N+](=O)[O-]. The number of anilines is 1. The lowest BCUT2D eigenvalue weighted by molar-refractivity contribution is -0.385. The summed E-state index contributed by atoms with van der Waals surface area (Å²) in [6, 6.07) is 0.0667. The third-order valence-corrected chi connectivity index (χ3v) is 3.20. The van der Waals surface area contributed by atoms with Crippen LogP contribution >= 0.6 is 0 Å². The molecule has 1 aromatic heterocycles. The van der Waals surface area contributed by atoms with Crippen molar-refractivity contribution in [3.8, 4) is 5.88 Å². The minimum atomic E-state index is -0.536. The van der Waals surface area contributed by atoms with Gasteiger partial charge in [0.15, 0.2) is 0 Å². The largest absolute Gasteiger partial charge is 0.476 e. The average molecular weight is 282 g/mol. The summed E-state index contributed by atoms with van der Waals surface area (Å²) in [5.41, 5.74) is -0.485. The Hall–Kier alpha value is -1.96. The smallest absolute Gasteiger partial charge is 0.372 e. The predicted molar refractivity (Wildman–Crippen MR) is 71.9 cm³/mol. The van der Waals surface area contributed by atoms with Crippen LogP contribution in [0, 0.1) is 10.1 Å². The first-order valence-electron chi connectivity index (χ1n) is 6.37. The van der Waals surface area contributed by atoms with E-state index in [1.54, 1.807) is 0 Å². The van der Waals surface area contributed by atoms with Gasteiger partial charge >= 0.3 is 5.69 Å². The van der Waals surface area contributed by atoms with Crippen molar-refractivity contribution in [3.63, 3.8) is 0 Å².